The van der Waals surface area contributed by atoms with Crippen LogP contribution < -0.4 is 5.32 Å². The topological polar surface area (TPSA) is 24.5 Å². The van der Waals surface area contributed by atoms with Gasteiger partial charge in [0.05, 0.1) is 0 Å². The standard InChI is InChI=1S/C19H30N2O/c1-17-5-7-18(8-6-17)15-20-16-19(9-13-22-14-10-19)21-11-3-2-4-12-21/h5-8,20H,2-4,9-16H2,1H3. The number of nitrogens with zero attached hydrogens (tertiary/aromatic N) is 1. The molecule has 1 aromatic rings. The summed E-state index contributed by atoms with van der Waals surface area (Å²) in [6.07, 6.45) is 6.48. The van der Waals surface area contributed by atoms with E-state index in [2.05, 4.69) is 41.4 Å². The molecule has 2 aliphatic heterocycles. The first kappa shape index (κ1) is 16.0. The Balaban J connectivity index is 1.58. The number of nitrogens with one attached hydrogen (secondary N) is 1. The van der Waals surface area contributed by atoms with Crippen molar-refractivity contribution in [3.63, 3.8) is 0 Å². The quantitative estimate of drug-likeness (QED) is 0.904. The molecule has 2 saturated heterocycles. The average molecular weight is 302 g/mol. The van der Waals surface area contributed by atoms with Gasteiger partial charge in [0.1, 0.15) is 0 Å². The molecule has 0 unspecified atom stereocenters. The van der Waals surface area contributed by atoms with Crippen molar-refractivity contribution in [1.29, 1.82) is 0 Å². The molecule has 2 aliphatic rings. The number of piperidine rings is 1. The van der Waals surface area contributed by atoms with Gasteiger partial charge in [-0.2, -0.15) is 0 Å². The summed E-state index contributed by atoms with van der Waals surface area (Å²) in [4.78, 5) is 2.75. The zero-order valence-corrected chi connectivity index (χ0v) is 13.9. The Bertz CT molecular complexity index is 445. The van der Waals surface area contributed by atoms with Gasteiger partial charge in [0.15, 0.2) is 0 Å². The van der Waals surface area contributed by atoms with Crippen molar-refractivity contribution >= 4 is 0 Å². The van der Waals surface area contributed by atoms with Gasteiger partial charge in [0.2, 0.25) is 0 Å². The maximum Gasteiger partial charge on any atom is 0.0484 e. The third-order valence-electron chi connectivity index (χ3n) is 5.35. The first-order valence-corrected chi connectivity index (χ1v) is 8.88. The van der Waals surface area contributed by atoms with Gasteiger partial charge in [0, 0.05) is 31.8 Å². The van der Waals surface area contributed by atoms with Crippen molar-refractivity contribution in [3.8, 4) is 0 Å². The summed E-state index contributed by atoms with van der Waals surface area (Å²) in [5, 5.41) is 3.73. The van der Waals surface area contributed by atoms with Crippen molar-refractivity contribution < 1.29 is 4.74 Å². The van der Waals surface area contributed by atoms with E-state index in [-0.39, 0.29) is 0 Å². The second-order valence-corrected chi connectivity index (χ2v) is 6.97. The van der Waals surface area contributed by atoms with Crippen LogP contribution in [0.1, 0.15) is 43.2 Å². The van der Waals surface area contributed by atoms with Crippen molar-refractivity contribution in [3.05, 3.63) is 35.4 Å². The number of aryl methyl sites for hydroxylation is 1. The van der Waals surface area contributed by atoms with Crippen LogP contribution in [0.3, 0.4) is 0 Å². The van der Waals surface area contributed by atoms with Gasteiger partial charge >= 0.3 is 0 Å². The van der Waals surface area contributed by atoms with Gasteiger partial charge in [0.25, 0.3) is 0 Å². The van der Waals surface area contributed by atoms with Crippen LogP contribution in [0.15, 0.2) is 24.3 Å². The van der Waals surface area contributed by atoms with E-state index in [0.29, 0.717) is 5.54 Å². The maximum absolute atomic E-state index is 5.64. The molecule has 0 radical (unpaired) electrons. The minimum atomic E-state index is 0.323. The number of likely N-dealkylation sites (tertiary alicyclic amines) is 1. The highest BCUT2D eigenvalue weighted by Crippen LogP contribution is 2.30. The third kappa shape index (κ3) is 3.89. The highest BCUT2D eigenvalue weighted by Gasteiger charge is 2.38. The number of benzene rings is 1. The van der Waals surface area contributed by atoms with E-state index in [0.717, 1.165) is 26.3 Å². The summed E-state index contributed by atoms with van der Waals surface area (Å²) >= 11 is 0. The number of hydrogen-bond acceptors (Lipinski definition) is 3. The van der Waals surface area contributed by atoms with E-state index < -0.39 is 0 Å². The Kier molecular flexibility index (Phi) is 5.51. The second-order valence-electron chi connectivity index (χ2n) is 6.97. The van der Waals surface area contributed by atoms with Crippen LogP contribution >= 0.6 is 0 Å². The Labute approximate surface area is 135 Å². The summed E-state index contributed by atoms with van der Waals surface area (Å²) in [6, 6.07) is 8.87. The first-order valence-electron chi connectivity index (χ1n) is 8.88. The van der Waals surface area contributed by atoms with Crippen LogP contribution in [0, 0.1) is 6.92 Å². The number of rotatable bonds is 5. The Morgan fingerprint density at radius 3 is 2.41 bits per heavy atom. The number of hydrogen-bond donors (Lipinski definition) is 1. The fraction of sp³-hybridized carbons (Fsp3) is 0.684. The van der Waals surface area contributed by atoms with Crippen LogP contribution in [0.5, 0.6) is 0 Å². The molecular formula is C19H30N2O. The van der Waals surface area contributed by atoms with Crippen LogP contribution in [0.2, 0.25) is 0 Å². The molecule has 1 aromatic carbocycles. The SMILES string of the molecule is Cc1ccc(CNCC2(N3CCCCC3)CCOCC2)cc1. The molecule has 0 atom stereocenters. The maximum atomic E-state index is 5.64. The van der Waals surface area contributed by atoms with E-state index in [1.54, 1.807) is 0 Å². The lowest BCUT2D eigenvalue weighted by Gasteiger charge is -2.48. The zero-order chi connectivity index (χ0) is 15.3. The van der Waals surface area contributed by atoms with Crippen molar-refractivity contribution in [2.75, 3.05) is 32.8 Å². The molecule has 3 heteroatoms. The second kappa shape index (κ2) is 7.58. The van der Waals surface area contributed by atoms with E-state index >= 15 is 0 Å². The molecule has 3 nitrogen and oxygen atoms in total. The minimum absolute atomic E-state index is 0.323. The monoisotopic (exact) mass is 302 g/mol. The van der Waals surface area contributed by atoms with Crippen LogP contribution in [0.4, 0.5) is 0 Å². The fourth-order valence-corrected chi connectivity index (χ4v) is 3.87. The molecular weight excluding hydrogens is 272 g/mol. The van der Waals surface area contributed by atoms with Gasteiger partial charge in [-0.3, -0.25) is 4.90 Å². The first-order chi connectivity index (χ1) is 10.8. The summed E-state index contributed by atoms with van der Waals surface area (Å²) in [7, 11) is 0. The summed E-state index contributed by atoms with van der Waals surface area (Å²) in [5.41, 5.74) is 3.04. The molecule has 122 valence electrons. The van der Waals surface area contributed by atoms with Crippen LogP contribution in [-0.4, -0.2) is 43.3 Å². The lowest BCUT2D eigenvalue weighted by Crippen LogP contribution is -2.59. The largest absolute Gasteiger partial charge is 0.381 e. The molecule has 0 saturated carbocycles. The van der Waals surface area contributed by atoms with Gasteiger partial charge in [-0.25, -0.2) is 0 Å². The van der Waals surface area contributed by atoms with E-state index in [4.69, 9.17) is 4.74 Å². The van der Waals surface area contributed by atoms with E-state index in [1.807, 2.05) is 0 Å². The van der Waals surface area contributed by atoms with Gasteiger partial charge in [-0.1, -0.05) is 36.2 Å². The smallest absolute Gasteiger partial charge is 0.0484 e. The number of ether oxygens (including phenoxy) is 1. The molecule has 2 heterocycles. The molecule has 2 fully saturated rings. The van der Waals surface area contributed by atoms with Crippen LogP contribution in [-0.2, 0) is 11.3 Å². The Hall–Kier alpha value is -0.900. The lowest BCUT2D eigenvalue weighted by molar-refractivity contribution is -0.0358. The van der Waals surface area contributed by atoms with Crippen molar-refractivity contribution in [1.82, 2.24) is 10.2 Å². The molecule has 0 aliphatic carbocycles. The molecule has 0 amide bonds. The summed E-state index contributed by atoms with van der Waals surface area (Å²) in [6.45, 7) is 8.58. The van der Waals surface area contributed by atoms with Gasteiger partial charge in [-0.05, 0) is 51.3 Å². The minimum Gasteiger partial charge on any atom is -0.381 e. The van der Waals surface area contributed by atoms with Crippen LogP contribution in [0.25, 0.3) is 0 Å². The average Bonchev–Trinajstić information content (AvgIpc) is 2.58. The third-order valence-corrected chi connectivity index (χ3v) is 5.35. The molecule has 0 spiro atoms. The lowest BCUT2D eigenvalue weighted by atomic mass is 9.86. The van der Waals surface area contributed by atoms with Gasteiger partial charge in [-0.15, -0.1) is 0 Å². The highest BCUT2D eigenvalue weighted by molar-refractivity contribution is 5.21. The molecule has 22 heavy (non-hydrogen) atoms. The highest BCUT2D eigenvalue weighted by atomic mass is 16.5. The predicted molar refractivity (Wildman–Crippen MR) is 91.1 cm³/mol. The summed E-state index contributed by atoms with van der Waals surface area (Å²) in [5.74, 6) is 0. The van der Waals surface area contributed by atoms with E-state index in [9.17, 15) is 0 Å². The molecule has 1 N–H and O–H groups in total. The zero-order valence-electron chi connectivity index (χ0n) is 13.9. The van der Waals surface area contributed by atoms with Crippen molar-refractivity contribution in [2.45, 2.75) is 51.1 Å². The molecule has 3 rings (SSSR count). The summed E-state index contributed by atoms with van der Waals surface area (Å²) < 4.78 is 5.64. The predicted octanol–water partition coefficient (Wildman–Crippen LogP) is 3.12. The fourth-order valence-electron chi connectivity index (χ4n) is 3.87. The normalized spacial score (nSPS) is 22.6. The Morgan fingerprint density at radius 2 is 1.73 bits per heavy atom. The Morgan fingerprint density at radius 1 is 1.05 bits per heavy atom. The van der Waals surface area contributed by atoms with Gasteiger partial charge < -0.3 is 10.1 Å². The van der Waals surface area contributed by atoms with E-state index in [1.165, 1.54) is 56.3 Å². The van der Waals surface area contributed by atoms with Crippen molar-refractivity contribution in [2.24, 2.45) is 0 Å². The molecule has 0 aromatic heterocycles. The molecule has 0 bridgehead atoms.